The molecular weight excluding hydrogens is 516 g/mol. The number of ether oxygens (including phenoxy) is 1. The number of aromatic nitrogens is 3. The third-order valence-corrected chi connectivity index (χ3v) is 8.01. The van der Waals surface area contributed by atoms with Gasteiger partial charge in [0.2, 0.25) is 5.91 Å². The molecule has 2 amide bonds. The van der Waals surface area contributed by atoms with Crippen LogP contribution in [0.15, 0.2) is 79.3 Å². The Balaban J connectivity index is 1.10. The third kappa shape index (κ3) is 4.16. The zero-order valence-electron chi connectivity index (χ0n) is 23.1. The van der Waals surface area contributed by atoms with Crippen LogP contribution in [0.25, 0.3) is 38.7 Å². The molecule has 0 radical (unpaired) electrons. The van der Waals surface area contributed by atoms with Gasteiger partial charge in [-0.3, -0.25) is 9.69 Å². The fourth-order valence-corrected chi connectivity index (χ4v) is 5.89. The molecule has 2 unspecified atom stereocenters. The highest BCUT2D eigenvalue weighted by Crippen LogP contribution is 2.39. The maximum Gasteiger partial charge on any atom is 0.410 e. The smallest absolute Gasteiger partial charge is 0.410 e. The molecule has 7 rings (SSSR count). The molecule has 0 aliphatic carbocycles. The summed E-state index contributed by atoms with van der Waals surface area (Å²) in [5.41, 5.74) is 11.3. The first-order chi connectivity index (χ1) is 19.7. The van der Waals surface area contributed by atoms with Gasteiger partial charge in [0.1, 0.15) is 5.60 Å². The van der Waals surface area contributed by atoms with E-state index in [9.17, 15) is 9.59 Å². The van der Waals surface area contributed by atoms with E-state index in [0.717, 1.165) is 50.9 Å². The average molecular weight is 547 g/mol. The van der Waals surface area contributed by atoms with Gasteiger partial charge in [-0.1, -0.05) is 42.5 Å². The third-order valence-electron chi connectivity index (χ3n) is 8.01. The van der Waals surface area contributed by atoms with Crippen LogP contribution in [-0.4, -0.2) is 62.3 Å². The van der Waals surface area contributed by atoms with Gasteiger partial charge in [-0.25, -0.2) is 14.3 Å². The number of likely N-dealkylation sites (tertiary alicyclic amines) is 1. The molecule has 9 nitrogen and oxygen atoms in total. The minimum absolute atomic E-state index is 0.217. The number of anilines is 1. The first-order valence-electron chi connectivity index (χ1n) is 13.7. The van der Waals surface area contributed by atoms with E-state index < -0.39 is 11.5 Å². The van der Waals surface area contributed by atoms with Gasteiger partial charge in [0.05, 0.1) is 18.3 Å². The van der Waals surface area contributed by atoms with Crippen molar-refractivity contribution in [3.8, 4) is 22.3 Å². The number of carbonyl (C=O) groups is 2. The number of primary amides is 1. The average Bonchev–Trinajstić information content (AvgIpc) is 3.35. The van der Waals surface area contributed by atoms with Crippen molar-refractivity contribution in [1.82, 2.24) is 19.5 Å². The van der Waals surface area contributed by atoms with E-state index in [2.05, 4.69) is 34.3 Å². The summed E-state index contributed by atoms with van der Waals surface area (Å²) >= 11 is 0. The summed E-state index contributed by atoms with van der Waals surface area (Å²) in [4.78, 5) is 33.3. The second kappa shape index (κ2) is 9.05. The molecule has 2 saturated heterocycles. The quantitative estimate of drug-likeness (QED) is 0.335. The van der Waals surface area contributed by atoms with Crippen LogP contribution in [0.5, 0.6) is 0 Å². The molecule has 206 valence electrons. The number of rotatable bonds is 4. The molecule has 2 aliphatic rings. The number of nitrogens with two attached hydrogens (primary N) is 1. The summed E-state index contributed by atoms with van der Waals surface area (Å²) < 4.78 is 7.31. The lowest BCUT2D eigenvalue weighted by molar-refractivity contribution is -0.0309. The van der Waals surface area contributed by atoms with Crippen LogP contribution in [0.1, 0.15) is 31.1 Å². The van der Waals surface area contributed by atoms with E-state index >= 15 is 0 Å². The highest BCUT2D eigenvalue weighted by Gasteiger charge is 2.54. The van der Waals surface area contributed by atoms with Crippen LogP contribution in [0.2, 0.25) is 0 Å². The predicted octanol–water partition coefficient (Wildman–Crippen LogP) is 5.12. The van der Waals surface area contributed by atoms with Crippen molar-refractivity contribution < 1.29 is 14.3 Å². The van der Waals surface area contributed by atoms with Gasteiger partial charge in [0.25, 0.3) is 0 Å². The number of amides is 2. The maximum atomic E-state index is 12.4. The van der Waals surface area contributed by atoms with Crippen LogP contribution in [0, 0.1) is 0 Å². The van der Waals surface area contributed by atoms with Crippen molar-refractivity contribution in [2.75, 3.05) is 18.0 Å². The Bertz CT molecular complexity index is 1840. The molecule has 2 fully saturated rings. The second-order valence-electron chi connectivity index (χ2n) is 11.7. The lowest BCUT2D eigenvalue weighted by atomic mass is 9.85. The highest BCUT2D eigenvalue weighted by atomic mass is 16.6. The number of carbonyl (C=O) groups excluding carboxylic acids is 2. The van der Waals surface area contributed by atoms with E-state index in [1.165, 1.54) is 0 Å². The van der Waals surface area contributed by atoms with Gasteiger partial charge in [0, 0.05) is 47.9 Å². The lowest BCUT2D eigenvalue weighted by Crippen LogP contribution is -2.80. The molecule has 0 bridgehead atoms. The van der Waals surface area contributed by atoms with Gasteiger partial charge in [-0.15, -0.1) is 0 Å². The standard InChI is InChI=1S/C32H30N6O3/c1-32(2,3)41-31(40)37-18-27-28(37)17-36(27)21-10-8-19(9-11-21)20-14-34-30-26(15-35-38(30)16-20)24-12-13-25(29(33)39)23-7-5-4-6-22(23)24/h4-16,27-28H,17-18H2,1-3H3,(H2,33,39). The molecule has 2 aliphatic heterocycles. The van der Waals surface area contributed by atoms with Gasteiger partial charge < -0.3 is 15.4 Å². The molecule has 9 heteroatoms. The summed E-state index contributed by atoms with van der Waals surface area (Å²) in [6.45, 7) is 7.17. The van der Waals surface area contributed by atoms with Crippen LogP contribution in [0.3, 0.4) is 0 Å². The maximum absolute atomic E-state index is 12.4. The van der Waals surface area contributed by atoms with Gasteiger partial charge in [0.15, 0.2) is 5.65 Å². The van der Waals surface area contributed by atoms with Crippen LogP contribution in [-0.2, 0) is 4.74 Å². The Kier molecular flexibility index (Phi) is 5.54. The second-order valence-corrected chi connectivity index (χ2v) is 11.7. The molecule has 41 heavy (non-hydrogen) atoms. The molecule has 0 saturated carbocycles. The first kappa shape index (κ1) is 25.1. The van der Waals surface area contributed by atoms with Crippen molar-refractivity contribution in [3.63, 3.8) is 0 Å². The monoisotopic (exact) mass is 546 g/mol. The largest absolute Gasteiger partial charge is 0.444 e. The Labute approximate surface area is 237 Å². The summed E-state index contributed by atoms with van der Waals surface area (Å²) in [6.07, 6.45) is 5.42. The molecule has 2 aromatic heterocycles. The number of fused-ring (bicyclic) bond motifs is 3. The number of nitrogens with zero attached hydrogens (tertiary/aromatic N) is 5. The summed E-state index contributed by atoms with van der Waals surface area (Å²) in [5.74, 6) is -0.453. The SMILES string of the molecule is CC(C)(C)OC(=O)N1CC2C1CN2c1ccc(-c2cnc3c(-c4ccc(C(N)=O)c5ccccc45)cnn3c2)cc1. The van der Waals surface area contributed by atoms with Crippen LogP contribution in [0.4, 0.5) is 10.5 Å². The van der Waals surface area contributed by atoms with Crippen molar-refractivity contribution in [1.29, 1.82) is 0 Å². The Morgan fingerprint density at radius 3 is 2.32 bits per heavy atom. The topological polar surface area (TPSA) is 106 Å². The fraction of sp³-hybridized carbons (Fsp3) is 0.250. The van der Waals surface area contributed by atoms with E-state index in [0.29, 0.717) is 18.2 Å². The Morgan fingerprint density at radius 2 is 1.63 bits per heavy atom. The van der Waals surface area contributed by atoms with E-state index in [1.807, 2.05) is 68.4 Å². The Morgan fingerprint density at radius 1 is 0.878 bits per heavy atom. The first-order valence-corrected chi connectivity index (χ1v) is 13.7. The fourth-order valence-electron chi connectivity index (χ4n) is 5.89. The summed E-state index contributed by atoms with van der Waals surface area (Å²) in [7, 11) is 0. The minimum Gasteiger partial charge on any atom is -0.444 e. The van der Waals surface area contributed by atoms with Gasteiger partial charge in [-0.2, -0.15) is 5.10 Å². The van der Waals surface area contributed by atoms with Gasteiger partial charge in [-0.05, 0) is 60.9 Å². The molecule has 5 aromatic rings. The number of benzene rings is 3. The van der Waals surface area contributed by atoms with E-state index in [4.69, 9.17) is 15.5 Å². The predicted molar refractivity (Wildman–Crippen MR) is 158 cm³/mol. The molecule has 2 N–H and O–H groups in total. The van der Waals surface area contributed by atoms with Crippen molar-refractivity contribution in [2.24, 2.45) is 5.73 Å². The number of piperazine rings is 1. The number of hydrogen-bond acceptors (Lipinski definition) is 6. The van der Waals surface area contributed by atoms with Crippen molar-refractivity contribution in [3.05, 3.63) is 84.8 Å². The molecule has 2 atom stereocenters. The van der Waals surface area contributed by atoms with Crippen molar-refractivity contribution >= 4 is 34.1 Å². The highest BCUT2D eigenvalue weighted by molar-refractivity contribution is 6.11. The minimum atomic E-state index is -0.483. The summed E-state index contributed by atoms with van der Waals surface area (Å²) in [6, 6.07) is 20.4. The number of hydrogen-bond donors (Lipinski definition) is 1. The zero-order valence-corrected chi connectivity index (χ0v) is 23.1. The van der Waals surface area contributed by atoms with Crippen LogP contribution >= 0.6 is 0 Å². The Hall–Kier alpha value is -4.92. The summed E-state index contributed by atoms with van der Waals surface area (Å²) in [5, 5.41) is 6.33. The van der Waals surface area contributed by atoms with Gasteiger partial charge >= 0.3 is 6.09 Å². The van der Waals surface area contributed by atoms with Crippen molar-refractivity contribution in [2.45, 2.75) is 38.5 Å². The molecule has 3 aromatic carbocycles. The molecule has 4 heterocycles. The van der Waals surface area contributed by atoms with E-state index in [-0.39, 0.29) is 12.1 Å². The van der Waals surface area contributed by atoms with E-state index in [1.54, 1.807) is 16.8 Å². The molecule has 0 spiro atoms. The lowest BCUT2D eigenvalue weighted by Gasteiger charge is -2.62. The van der Waals surface area contributed by atoms with Crippen LogP contribution < -0.4 is 10.6 Å². The molecular formula is C32H30N6O3. The normalized spacial score (nSPS) is 18.1. The zero-order chi connectivity index (χ0) is 28.5.